The minimum atomic E-state index is -4.55. The summed E-state index contributed by atoms with van der Waals surface area (Å²) in [6, 6.07) is 13.6. The number of methoxy groups -OCH3 is 1. The maximum absolute atomic E-state index is 13.5. The maximum Gasteiger partial charge on any atom is 0.418 e. The van der Waals surface area contributed by atoms with Gasteiger partial charge < -0.3 is 10.1 Å². The fourth-order valence-electron chi connectivity index (χ4n) is 3.71. The molecule has 5 rings (SSSR count). The van der Waals surface area contributed by atoms with E-state index >= 15 is 0 Å². The van der Waals surface area contributed by atoms with Gasteiger partial charge in [0.2, 0.25) is 0 Å². The van der Waals surface area contributed by atoms with Crippen molar-refractivity contribution in [1.82, 2.24) is 19.9 Å². The monoisotopic (exact) mass is 451 g/mol. The number of pyridine rings is 2. The van der Waals surface area contributed by atoms with E-state index in [1.54, 1.807) is 6.07 Å². The molecule has 0 radical (unpaired) electrons. The van der Waals surface area contributed by atoms with Crippen molar-refractivity contribution in [3.05, 3.63) is 71.7 Å². The van der Waals surface area contributed by atoms with Crippen LogP contribution in [0.15, 0.2) is 54.7 Å². The number of anilines is 2. The molecule has 33 heavy (non-hydrogen) atoms. The molecule has 3 heterocycles. The van der Waals surface area contributed by atoms with Crippen molar-refractivity contribution in [2.24, 2.45) is 0 Å². The number of rotatable bonds is 6. The van der Waals surface area contributed by atoms with Gasteiger partial charge in [0.15, 0.2) is 11.5 Å². The van der Waals surface area contributed by atoms with Crippen molar-refractivity contribution >= 4 is 22.5 Å². The largest absolute Gasteiger partial charge is 0.418 e. The molecular formula is C24H20F3N5O. The second kappa shape index (κ2) is 8.40. The van der Waals surface area contributed by atoms with Gasteiger partial charge in [0.05, 0.1) is 16.6 Å². The zero-order valence-electron chi connectivity index (χ0n) is 17.7. The number of hydrogen-bond donors (Lipinski definition) is 1. The van der Waals surface area contributed by atoms with Crippen LogP contribution in [0, 0.1) is 0 Å². The maximum atomic E-state index is 13.5. The number of ether oxygens (including phenoxy) is 1. The van der Waals surface area contributed by atoms with Gasteiger partial charge in [0.25, 0.3) is 0 Å². The van der Waals surface area contributed by atoms with Crippen LogP contribution in [-0.4, -0.2) is 27.0 Å². The first-order chi connectivity index (χ1) is 15.9. The Balaban J connectivity index is 1.56. The minimum Gasteiger partial charge on any atom is -0.377 e. The Kier molecular flexibility index (Phi) is 5.41. The highest BCUT2D eigenvalue weighted by Gasteiger charge is 2.34. The molecule has 1 aromatic carbocycles. The standard InChI is InChI=1S/C24H20F3N5O/c1-33-13-20-31-22(29-16-8-6-15(7-9-16)14-4-5-14)17-10-11-19(30-23(17)32-20)21-18(24(25,26)27)3-2-12-28-21/h2-3,6-12,14H,4-5,13H2,1H3,(H,29,30,31,32). The SMILES string of the molecule is COCc1nc(Nc2ccc(C3CC3)cc2)c2ccc(-c3ncccc3C(F)(F)F)nc2n1. The average molecular weight is 451 g/mol. The van der Waals surface area contributed by atoms with Gasteiger partial charge in [0.1, 0.15) is 18.1 Å². The van der Waals surface area contributed by atoms with Gasteiger partial charge in [-0.1, -0.05) is 12.1 Å². The average Bonchev–Trinajstić information content (AvgIpc) is 3.64. The molecule has 0 bridgehead atoms. The Morgan fingerprint density at radius 2 is 1.79 bits per heavy atom. The minimum absolute atomic E-state index is 0.0808. The van der Waals surface area contributed by atoms with Crippen molar-refractivity contribution in [1.29, 1.82) is 0 Å². The molecule has 0 unspecified atom stereocenters. The number of fused-ring (bicyclic) bond motifs is 1. The second-order valence-electron chi connectivity index (χ2n) is 7.91. The summed E-state index contributed by atoms with van der Waals surface area (Å²) in [5, 5.41) is 3.86. The molecule has 168 valence electrons. The molecule has 1 fully saturated rings. The molecular weight excluding hydrogens is 431 g/mol. The van der Waals surface area contributed by atoms with Crippen LogP contribution >= 0.6 is 0 Å². The van der Waals surface area contributed by atoms with E-state index in [1.165, 1.54) is 43.8 Å². The lowest BCUT2D eigenvalue weighted by Crippen LogP contribution is -2.09. The van der Waals surface area contributed by atoms with E-state index in [4.69, 9.17) is 4.74 Å². The highest BCUT2D eigenvalue weighted by Crippen LogP contribution is 2.40. The van der Waals surface area contributed by atoms with Gasteiger partial charge in [0, 0.05) is 19.0 Å². The predicted octanol–water partition coefficient (Wildman–Crippen LogP) is 5.87. The normalized spacial score (nSPS) is 13.9. The molecule has 0 spiro atoms. The summed E-state index contributed by atoms with van der Waals surface area (Å²) in [7, 11) is 1.52. The molecule has 6 nitrogen and oxygen atoms in total. The van der Waals surface area contributed by atoms with Crippen molar-refractivity contribution in [2.45, 2.75) is 31.5 Å². The highest BCUT2D eigenvalue weighted by molar-refractivity contribution is 5.90. The fourth-order valence-corrected chi connectivity index (χ4v) is 3.71. The quantitative estimate of drug-likeness (QED) is 0.395. The number of benzene rings is 1. The van der Waals surface area contributed by atoms with Crippen LogP contribution < -0.4 is 5.32 Å². The Hall–Kier alpha value is -3.59. The topological polar surface area (TPSA) is 72.8 Å². The van der Waals surface area contributed by atoms with Gasteiger partial charge in [-0.05, 0) is 60.7 Å². The van der Waals surface area contributed by atoms with E-state index in [0.29, 0.717) is 22.9 Å². The predicted molar refractivity (Wildman–Crippen MR) is 118 cm³/mol. The fraction of sp³-hybridized carbons (Fsp3) is 0.250. The van der Waals surface area contributed by atoms with Crippen LogP contribution in [-0.2, 0) is 17.5 Å². The molecule has 0 aliphatic heterocycles. The highest BCUT2D eigenvalue weighted by atomic mass is 19.4. The number of halogens is 3. The molecule has 1 aliphatic carbocycles. The number of hydrogen-bond acceptors (Lipinski definition) is 6. The third-order valence-electron chi connectivity index (χ3n) is 5.46. The smallest absolute Gasteiger partial charge is 0.377 e. The van der Waals surface area contributed by atoms with E-state index in [0.717, 1.165) is 11.8 Å². The van der Waals surface area contributed by atoms with Crippen molar-refractivity contribution < 1.29 is 17.9 Å². The number of nitrogens with one attached hydrogen (secondary N) is 1. The van der Waals surface area contributed by atoms with E-state index in [9.17, 15) is 13.2 Å². The summed E-state index contributed by atoms with van der Waals surface area (Å²) in [4.78, 5) is 17.3. The zero-order valence-corrected chi connectivity index (χ0v) is 17.7. The molecule has 1 saturated carbocycles. The summed E-state index contributed by atoms with van der Waals surface area (Å²) in [5.41, 5.74) is 1.40. The Bertz CT molecular complexity index is 1300. The van der Waals surface area contributed by atoms with Gasteiger partial charge in [-0.3, -0.25) is 4.98 Å². The molecule has 1 N–H and O–H groups in total. The Labute approximate surface area is 187 Å². The van der Waals surface area contributed by atoms with Crippen LogP contribution in [0.4, 0.5) is 24.7 Å². The van der Waals surface area contributed by atoms with E-state index < -0.39 is 11.7 Å². The molecule has 3 aromatic heterocycles. The summed E-state index contributed by atoms with van der Waals surface area (Å²) < 4.78 is 45.6. The van der Waals surface area contributed by atoms with E-state index in [2.05, 4.69) is 37.4 Å². The first-order valence-corrected chi connectivity index (χ1v) is 10.5. The Morgan fingerprint density at radius 3 is 2.48 bits per heavy atom. The zero-order chi connectivity index (χ0) is 23.0. The number of alkyl halides is 3. The van der Waals surface area contributed by atoms with Crippen LogP contribution in [0.3, 0.4) is 0 Å². The number of aromatic nitrogens is 4. The van der Waals surface area contributed by atoms with Gasteiger partial charge in [-0.2, -0.15) is 13.2 Å². The molecule has 0 amide bonds. The summed E-state index contributed by atoms with van der Waals surface area (Å²) in [6.45, 7) is 0.133. The second-order valence-corrected chi connectivity index (χ2v) is 7.91. The summed E-state index contributed by atoms with van der Waals surface area (Å²) in [5.74, 6) is 1.52. The lowest BCUT2D eigenvalue weighted by Gasteiger charge is -2.13. The summed E-state index contributed by atoms with van der Waals surface area (Å²) in [6.07, 6.45) is -0.786. The Morgan fingerprint density at radius 1 is 1.00 bits per heavy atom. The lowest BCUT2D eigenvalue weighted by molar-refractivity contribution is -0.137. The van der Waals surface area contributed by atoms with Crippen LogP contribution in [0.25, 0.3) is 22.4 Å². The summed E-state index contributed by atoms with van der Waals surface area (Å²) >= 11 is 0. The third-order valence-corrected chi connectivity index (χ3v) is 5.46. The first kappa shape index (κ1) is 21.3. The van der Waals surface area contributed by atoms with E-state index in [1.807, 2.05) is 12.1 Å². The molecule has 0 saturated heterocycles. The van der Waals surface area contributed by atoms with Crippen molar-refractivity contribution in [2.75, 3.05) is 12.4 Å². The molecule has 4 aromatic rings. The molecule has 1 aliphatic rings. The van der Waals surface area contributed by atoms with Crippen molar-refractivity contribution in [3.8, 4) is 11.4 Å². The third kappa shape index (κ3) is 4.49. The van der Waals surface area contributed by atoms with Crippen LogP contribution in [0.2, 0.25) is 0 Å². The van der Waals surface area contributed by atoms with Crippen LogP contribution in [0.1, 0.15) is 35.7 Å². The number of nitrogens with zero attached hydrogens (tertiary/aromatic N) is 4. The van der Waals surface area contributed by atoms with Crippen LogP contribution in [0.5, 0.6) is 0 Å². The van der Waals surface area contributed by atoms with Crippen molar-refractivity contribution in [3.63, 3.8) is 0 Å². The van der Waals surface area contributed by atoms with Gasteiger partial charge in [-0.25, -0.2) is 15.0 Å². The molecule has 0 atom stereocenters. The van der Waals surface area contributed by atoms with E-state index in [-0.39, 0.29) is 23.6 Å². The lowest BCUT2D eigenvalue weighted by atomic mass is 10.1. The molecule has 9 heteroatoms. The van der Waals surface area contributed by atoms with Gasteiger partial charge in [-0.15, -0.1) is 0 Å². The first-order valence-electron chi connectivity index (χ1n) is 10.5. The van der Waals surface area contributed by atoms with Gasteiger partial charge >= 0.3 is 6.18 Å².